The Morgan fingerprint density at radius 2 is 1.59 bits per heavy atom. The normalized spacial score (nSPS) is 14.4. The lowest BCUT2D eigenvalue weighted by atomic mass is 9.95. The van der Waals surface area contributed by atoms with Gasteiger partial charge in [0.2, 0.25) is 0 Å². The molecule has 0 unspecified atom stereocenters. The van der Waals surface area contributed by atoms with Crippen molar-refractivity contribution in [1.82, 2.24) is 9.88 Å². The van der Waals surface area contributed by atoms with Crippen LogP contribution in [0.2, 0.25) is 0 Å². The lowest BCUT2D eigenvalue weighted by molar-refractivity contribution is 0.400. The molecule has 0 spiro atoms. The van der Waals surface area contributed by atoms with Crippen LogP contribution in [0.15, 0.2) is 94.9 Å². The third kappa shape index (κ3) is 5.39. The van der Waals surface area contributed by atoms with Crippen LogP contribution in [0.3, 0.4) is 0 Å². The number of aromatic nitrogens is 1. The Bertz CT molecular complexity index is 1400. The van der Waals surface area contributed by atoms with Gasteiger partial charge in [-0.25, -0.2) is 4.98 Å². The van der Waals surface area contributed by atoms with Gasteiger partial charge in [-0.15, -0.1) is 0 Å². The number of hydrogen-bond acceptors (Lipinski definition) is 5. The molecule has 0 bridgehead atoms. The SMILES string of the molecule is CCCN(CCCN(C)C)c1cc(C(=C2Sc3ccccc3N2C)c2ccccc2)c2ccccc2n1. The number of benzene rings is 3. The molecule has 0 atom stereocenters. The van der Waals surface area contributed by atoms with Crippen molar-refractivity contribution in [3.05, 3.63) is 101 Å². The highest BCUT2D eigenvalue weighted by molar-refractivity contribution is 8.04. The first kappa shape index (κ1) is 25.4. The van der Waals surface area contributed by atoms with Crippen LogP contribution in [0, 0.1) is 0 Å². The predicted molar refractivity (Wildman–Crippen MR) is 161 cm³/mol. The predicted octanol–water partition coefficient (Wildman–Crippen LogP) is 7.36. The minimum absolute atomic E-state index is 0.994. The fourth-order valence-electron chi connectivity index (χ4n) is 5.04. The first-order valence-electron chi connectivity index (χ1n) is 13.2. The molecule has 3 aromatic carbocycles. The summed E-state index contributed by atoms with van der Waals surface area (Å²) in [7, 11) is 6.47. The van der Waals surface area contributed by atoms with E-state index < -0.39 is 0 Å². The van der Waals surface area contributed by atoms with Gasteiger partial charge in [0, 0.05) is 36.0 Å². The van der Waals surface area contributed by atoms with E-state index in [0.717, 1.165) is 43.8 Å². The van der Waals surface area contributed by atoms with Crippen molar-refractivity contribution in [2.75, 3.05) is 50.6 Å². The van der Waals surface area contributed by atoms with Crippen LogP contribution in [-0.2, 0) is 0 Å². The second kappa shape index (κ2) is 11.4. The first-order valence-corrected chi connectivity index (χ1v) is 14.0. The Morgan fingerprint density at radius 3 is 2.35 bits per heavy atom. The summed E-state index contributed by atoms with van der Waals surface area (Å²) in [4.78, 5) is 13.5. The van der Waals surface area contributed by atoms with Crippen molar-refractivity contribution in [3.8, 4) is 0 Å². The Labute approximate surface area is 225 Å². The zero-order chi connectivity index (χ0) is 25.8. The highest BCUT2D eigenvalue weighted by atomic mass is 32.2. The maximum absolute atomic E-state index is 5.18. The van der Waals surface area contributed by atoms with Gasteiger partial charge in [0.05, 0.1) is 16.2 Å². The number of thioether (sulfide) groups is 1. The van der Waals surface area contributed by atoms with Gasteiger partial charge in [-0.2, -0.15) is 0 Å². The minimum Gasteiger partial charge on any atom is -0.357 e. The van der Waals surface area contributed by atoms with E-state index in [2.05, 4.69) is 128 Å². The maximum Gasteiger partial charge on any atom is 0.129 e. The van der Waals surface area contributed by atoms with Crippen LogP contribution < -0.4 is 9.80 Å². The molecule has 4 nitrogen and oxygen atoms in total. The molecule has 0 N–H and O–H groups in total. The monoisotopic (exact) mass is 508 g/mol. The molecule has 0 saturated heterocycles. The van der Waals surface area contributed by atoms with E-state index in [-0.39, 0.29) is 0 Å². The smallest absolute Gasteiger partial charge is 0.129 e. The zero-order valence-corrected chi connectivity index (χ0v) is 23.1. The van der Waals surface area contributed by atoms with Crippen LogP contribution in [-0.4, -0.2) is 50.7 Å². The number of para-hydroxylation sites is 2. The van der Waals surface area contributed by atoms with Crippen molar-refractivity contribution in [2.24, 2.45) is 0 Å². The zero-order valence-electron chi connectivity index (χ0n) is 22.3. The lowest BCUT2D eigenvalue weighted by Gasteiger charge is -2.26. The molecular formula is C32H36N4S. The van der Waals surface area contributed by atoms with Gasteiger partial charge in [-0.3, -0.25) is 0 Å². The summed E-state index contributed by atoms with van der Waals surface area (Å²) in [5.41, 5.74) is 6.02. The van der Waals surface area contributed by atoms with E-state index in [1.807, 2.05) is 11.8 Å². The van der Waals surface area contributed by atoms with Crippen LogP contribution in [0.5, 0.6) is 0 Å². The van der Waals surface area contributed by atoms with Gasteiger partial charge in [0.25, 0.3) is 0 Å². The molecular weight excluding hydrogens is 472 g/mol. The summed E-state index contributed by atoms with van der Waals surface area (Å²) in [6.45, 7) is 5.31. The molecule has 0 saturated carbocycles. The second-order valence-electron chi connectivity index (χ2n) is 9.86. The molecule has 5 rings (SSSR count). The Hall–Kier alpha value is -3.28. The summed E-state index contributed by atoms with van der Waals surface area (Å²) in [5.74, 6) is 1.06. The van der Waals surface area contributed by atoms with Crippen molar-refractivity contribution in [1.29, 1.82) is 0 Å². The van der Waals surface area contributed by atoms with Crippen LogP contribution in [0.1, 0.15) is 30.9 Å². The fraction of sp³-hybridized carbons (Fsp3) is 0.281. The average Bonchev–Trinajstić information content (AvgIpc) is 3.24. The molecule has 2 heterocycles. The fourth-order valence-corrected chi connectivity index (χ4v) is 6.27. The van der Waals surface area contributed by atoms with Gasteiger partial charge in [0.1, 0.15) is 5.82 Å². The van der Waals surface area contributed by atoms with E-state index in [9.17, 15) is 0 Å². The van der Waals surface area contributed by atoms with E-state index in [0.29, 0.717) is 0 Å². The van der Waals surface area contributed by atoms with Gasteiger partial charge >= 0.3 is 0 Å². The van der Waals surface area contributed by atoms with Crippen LogP contribution in [0.25, 0.3) is 16.5 Å². The number of hydrogen-bond donors (Lipinski definition) is 0. The Kier molecular flexibility index (Phi) is 7.82. The first-order chi connectivity index (χ1) is 18.1. The third-order valence-electron chi connectivity index (χ3n) is 6.84. The molecule has 0 radical (unpaired) electrons. The van der Waals surface area contributed by atoms with Crippen molar-refractivity contribution >= 4 is 39.7 Å². The van der Waals surface area contributed by atoms with Crippen molar-refractivity contribution in [3.63, 3.8) is 0 Å². The van der Waals surface area contributed by atoms with E-state index in [1.54, 1.807) is 0 Å². The summed E-state index contributed by atoms with van der Waals surface area (Å²) < 4.78 is 0. The van der Waals surface area contributed by atoms with E-state index in [1.165, 1.54) is 37.7 Å². The van der Waals surface area contributed by atoms with Crippen molar-refractivity contribution < 1.29 is 0 Å². The molecule has 5 heteroatoms. The van der Waals surface area contributed by atoms with E-state index in [4.69, 9.17) is 4.98 Å². The summed E-state index contributed by atoms with van der Waals surface area (Å²) in [6, 6.07) is 30.4. The molecule has 37 heavy (non-hydrogen) atoms. The molecule has 1 aliphatic heterocycles. The second-order valence-corrected chi connectivity index (χ2v) is 10.9. The summed E-state index contributed by atoms with van der Waals surface area (Å²) >= 11 is 1.86. The quantitative estimate of drug-likeness (QED) is 0.235. The van der Waals surface area contributed by atoms with Crippen LogP contribution >= 0.6 is 11.8 Å². The molecule has 0 aliphatic carbocycles. The molecule has 0 amide bonds. The largest absolute Gasteiger partial charge is 0.357 e. The number of fused-ring (bicyclic) bond motifs is 2. The van der Waals surface area contributed by atoms with Crippen molar-refractivity contribution in [2.45, 2.75) is 24.7 Å². The molecule has 4 aromatic rings. The Morgan fingerprint density at radius 1 is 0.865 bits per heavy atom. The van der Waals surface area contributed by atoms with Gasteiger partial charge in [-0.05, 0) is 68.9 Å². The van der Waals surface area contributed by atoms with Gasteiger partial charge in [0.15, 0.2) is 0 Å². The lowest BCUT2D eigenvalue weighted by Crippen LogP contribution is -2.29. The highest BCUT2D eigenvalue weighted by Crippen LogP contribution is 2.50. The number of pyridine rings is 1. The molecule has 1 aromatic heterocycles. The van der Waals surface area contributed by atoms with Crippen LogP contribution in [0.4, 0.5) is 11.5 Å². The molecule has 0 fully saturated rings. The number of rotatable bonds is 9. The van der Waals surface area contributed by atoms with Gasteiger partial charge < -0.3 is 14.7 Å². The highest BCUT2D eigenvalue weighted by Gasteiger charge is 2.27. The molecule has 190 valence electrons. The standard InChI is InChI=1S/C32H36N4S/c1-5-20-36(22-13-21-34(2)3)30-23-26(25-16-9-10-17-27(25)33-30)31(24-14-7-6-8-15-24)32-35(4)28-18-11-12-19-29(28)37-32/h6-12,14-19,23H,5,13,20-22H2,1-4H3. The van der Waals surface area contributed by atoms with Gasteiger partial charge in [-0.1, -0.05) is 79.3 Å². The minimum atomic E-state index is 0.994. The Balaban J connectivity index is 1.71. The summed E-state index contributed by atoms with van der Waals surface area (Å²) in [5, 5.41) is 2.44. The third-order valence-corrected chi connectivity index (χ3v) is 8.07. The molecule has 1 aliphatic rings. The summed E-state index contributed by atoms with van der Waals surface area (Å²) in [6.07, 6.45) is 2.20. The maximum atomic E-state index is 5.18. The van der Waals surface area contributed by atoms with E-state index >= 15 is 0 Å². The number of nitrogens with zero attached hydrogens (tertiary/aromatic N) is 4. The average molecular weight is 509 g/mol. The topological polar surface area (TPSA) is 22.6 Å². The number of anilines is 2.